The van der Waals surface area contributed by atoms with Crippen LogP contribution in [0.5, 0.6) is 0 Å². The van der Waals surface area contributed by atoms with Gasteiger partial charge in [-0.15, -0.1) is 0 Å². The Kier molecular flexibility index (Phi) is 2.22. The first-order valence-electron chi connectivity index (χ1n) is 5.99. The Bertz CT molecular complexity index is 521. The molecular formula is C11H17N5Si. The first-order chi connectivity index (χ1) is 8.09. The molecule has 1 saturated heterocycles. The summed E-state index contributed by atoms with van der Waals surface area (Å²) in [6.07, 6.45) is 4.73. The van der Waals surface area contributed by atoms with Crippen molar-refractivity contribution < 1.29 is 0 Å². The molecule has 3 heterocycles. The summed E-state index contributed by atoms with van der Waals surface area (Å²) < 4.78 is 4.64. The van der Waals surface area contributed by atoms with Crippen molar-refractivity contribution in [3.63, 3.8) is 0 Å². The van der Waals surface area contributed by atoms with Crippen LogP contribution in [-0.4, -0.2) is 34.3 Å². The van der Waals surface area contributed by atoms with Gasteiger partial charge in [-0.05, 0) is 12.5 Å². The maximum Gasteiger partial charge on any atom is 0.184 e. The second-order valence-corrected chi connectivity index (χ2v) is 9.96. The normalized spacial score (nSPS) is 19.1. The third-order valence-corrected chi connectivity index (χ3v) is 7.11. The van der Waals surface area contributed by atoms with Gasteiger partial charge in [0.25, 0.3) is 0 Å². The smallest absolute Gasteiger partial charge is 0.184 e. The van der Waals surface area contributed by atoms with Crippen LogP contribution in [0.2, 0.25) is 19.1 Å². The Morgan fingerprint density at radius 2 is 2.06 bits per heavy atom. The van der Waals surface area contributed by atoms with Gasteiger partial charge in [0, 0.05) is 13.6 Å². The van der Waals surface area contributed by atoms with Crippen LogP contribution in [0.15, 0.2) is 12.7 Å². The Morgan fingerprint density at radius 3 is 2.76 bits per heavy atom. The zero-order valence-electron chi connectivity index (χ0n) is 10.5. The van der Waals surface area contributed by atoms with Crippen LogP contribution in [0.3, 0.4) is 0 Å². The predicted octanol–water partition coefficient (Wildman–Crippen LogP) is 1.73. The van der Waals surface area contributed by atoms with Gasteiger partial charge in [-0.2, -0.15) is 0 Å². The molecule has 17 heavy (non-hydrogen) atoms. The zero-order valence-corrected chi connectivity index (χ0v) is 11.5. The van der Waals surface area contributed by atoms with E-state index in [1.807, 2.05) is 13.4 Å². The van der Waals surface area contributed by atoms with E-state index in [1.165, 1.54) is 18.3 Å². The van der Waals surface area contributed by atoms with Gasteiger partial charge in [-0.3, -0.25) is 0 Å². The summed E-state index contributed by atoms with van der Waals surface area (Å²) in [5, 5.41) is 0. The average Bonchev–Trinajstić information content (AvgIpc) is 2.85. The first kappa shape index (κ1) is 10.7. The molecule has 3 aliphatic rings. The van der Waals surface area contributed by atoms with Gasteiger partial charge in [0.2, 0.25) is 0 Å². The minimum absolute atomic E-state index is 0.759. The van der Waals surface area contributed by atoms with E-state index in [1.54, 1.807) is 6.33 Å². The molecule has 0 saturated carbocycles. The van der Waals surface area contributed by atoms with E-state index in [0.717, 1.165) is 18.1 Å². The molecule has 0 spiro atoms. The fourth-order valence-corrected chi connectivity index (χ4v) is 5.59. The van der Waals surface area contributed by atoms with Crippen molar-refractivity contribution in [2.45, 2.75) is 25.6 Å². The molecule has 0 N–H and O–H groups in total. The van der Waals surface area contributed by atoms with Crippen LogP contribution in [0, 0.1) is 0 Å². The quantitative estimate of drug-likeness (QED) is 0.720. The van der Waals surface area contributed by atoms with E-state index < -0.39 is 8.24 Å². The number of rotatable bonds is 1. The molecule has 0 aromatic carbocycles. The largest absolute Gasteiger partial charge is 0.383 e. The van der Waals surface area contributed by atoms with Gasteiger partial charge in [-0.25, -0.2) is 15.0 Å². The molecule has 5 nitrogen and oxygen atoms in total. The molecule has 0 atom stereocenters. The zero-order chi connectivity index (χ0) is 12.0. The van der Waals surface area contributed by atoms with Crippen molar-refractivity contribution >= 4 is 14.1 Å². The fourth-order valence-electron chi connectivity index (χ4n) is 2.69. The predicted molar refractivity (Wildman–Crippen MR) is 69.7 cm³/mol. The van der Waals surface area contributed by atoms with E-state index in [4.69, 9.17) is 0 Å². The molecule has 0 bridgehead atoms. The summed E-state index contributed by atoms with van der Waals surface area (Å²) in [6, 6.07) is 1.35. The van der Waals surface area contributed by atoms with Gasteiger partial charge in [-0.1, -0.05) is 13.1 Å². The summed E-state index contributed by atoms with van der Waals surface area (Å²) in [5.74, 6) is 1.96. The molecule has 1 fully saturated rings. The van der Waals surface area contributed by atoms with Gasteiger partial charge < -0.3 is 9.13 Å². The number of imidazole rings is 1. The SMILES string of the molecule is Cn1cnc2ncnc-2c1N1CCC[Si]1(C)C. The number of anilines is 1. The number of nitrogens with zero attached hydrogens (tertiary/aromatic N) is 5. The van der Waals surface area contributed by atoms with Gasteiger partial charge in [0.1, 0.15) is 17.8 Å². The highest BCUT2D eigenvalue weighted by Gasteiger charge is 2.37. The van der Waals surface area contributed by atoms with Crippen LogP contribution in [0.25, 0.3) is 11.5 Å². The van der Waals surface area contributed by atoms with Crippen molar-refractivity contribution in [1.29, 1.82) is 0 Å². The maximum atomic E-state index is 4.38. The Hall–Kier alpha value is -1.43. The number of hydrogen-bond donors (Lipinski definition) is 0. The van der Waals surface area contributed by atoms with Crippen LogP contribution in [0.1, 0.15) is 6.42 Å². The summed E-state index contributed by atoms with van der Waals surface area (Å²) in [6.45, 7) is 5.98. The van der Waals surface area contributed by atoms with E-state index in [0.29, 0.717) is 0 Å². The molecule has 6 heteroatoms. The van der Waals surface area contributed by atoms with E-state index in [-0.39, 0.29) is 0 Å². The third-order valence-electron chi connectivity index (χ3n) is 3.63. The minimum Gasteiger partial charge on any atom is -0.383 e. The van der Waals surface area contributed by atoms with Gasteiger partial charge >= 0.3 is 0 Å². The number of aryl methyl sites for hydroxylation is 1. The topological polar surface area (TPSA) is 46.8 Å². The highest BCUT2D eigenvalue weighted by molar-refractivity contribution is 6.81. The molecular weight excluding hydrogens is 230 g/mol. The van der Waals surface area contributed by atoms with Crippen LogP contribution in [0.4, 0.5) is 5.82 Å². The number of fused-ring (bicyclic) bond motifs is 1. The van der Waals surface area contributed by atoms with Crippen LogP contribution >= 0.6 is 0 Å². The van der Waals surface area contributed by atoms with Crippen molar-refractivity contribution in [1.82, 2.24) is 19.5 Å². The first-order valence-corrected chi connectivity index (χ1v) is 9.15. The minimum atomic E-state index is -1.32. The summed E-state index contributed by atoms with van der Waals surface area (Å²) in [5.41, 5.74) is 0.942. The summed E-state index contributed by atoms with van der Waals surface area (Å²) in [4.78, 5) is 12.9. The number of hydrogen-bond acceptors (Lipinski definition) is 4. The third kappa shape index (κ3) is 1.55. The summed E-state index contributed by atoms with van der Waals surface area (Å²) in [7, 11) is 0.726. The second-order valence-electron chi connectivity index (χ2n) is 5.29. The molecule has 0 amide bonds. The van der Waals surface area contributed by atoms with Crippen molar-refractivity contribution in [3.8, 4) is 11.5 Å². The molecule has 0 aromatic heterocycles. The van der Waals surface area contributed by atoms with E-state index >= 15 is 0 Å². The summed E-state index contributed by atoms with van der Waals surface area (Å²) >= 11 is 0. The maximum absolute atomic E-state index is 4.38. The van der Waals surface area contributed by atoms with E-state index in [2.05, 4.69) is 37.2 Å². The molecule has 0 unspecified atom stereocenters. The number of aromatic nitrogens is 4. The van der Waals surface area contributed by atoms with Crippen molar-refractivity contribution in [2.24, 2.45) is 7.05 Å². The van der Waals surface area contributed by atoms with Gasteiger partial charge in [0.05, 0.1) is 6.33 Å². The Balaban J connectivity index is 2.17. The fraction of sp³-hybridized carbons (Fsp3) is 0.545. The van der Waals surface area contributed by atoms with Crippen LogP contribution < -0.4 is 4.57 Å². The van der Waals surface area contributed by atoms with Gasteiger partial charge in [0.15, 0.2) is 14.1 Å². The molecule has 3 aliphatic heterocycles. The average molecular weight is 247 g/mol. The van der Waals surface area contributed by atoms with Crippen molar-refractivity contribution in [2.75, 3.05) is 11.1 Å². The van der Waals surface area contributed by atoms with E-state index in [9.17, 15) is 0 Å². The van der Waals surface area contributed by atoms with Crippen LogP contribution in [-0.2, 0) is 7.05 Å². The molecule has 90 valence electrons. The highest BCUT2D eigenvalue weighted by atomic mass is 28.3. The monoisotopic (exact) mass is 247 g/mol. The molecule has 0 aliphatic carbocycles. The lowest BCUT2D eigenvalue weighted by Gasteiger charge is -2.33. The molecule has 0 radical (unpaired) electrons. The second kappa shape index (κ2) is 3.53. The highest BCUT2D eigenvalue weighted by Crippen LogP contribution is 2.35. The Labute approximate surface area is 102 Å². The lowest BCUT2D eigenvalue weighted by atomic mass is 10.3. The Morgan fingerprint density at radius 1 is 1.24 bits per heavy atom. The lowest BCUT2D eigenvalue weighted by Crippen LogP contribution is -2.45. The lowest BCUT2D eigenvalue weighted by molar-refractivity contribution is 0.827. The van der Waals surface area contributed by atoms with Crippen molar-refractivity contribution in [3.05, 3.63) is 12.7 Å². The molecule has 3 rings (SSSR count). The standard InChI is InChI=1S/C11H17N5Si/c1-15-8-14-10-9(12-7-13-10)11(15)16-5-4-6-17(16,2)3/h7-8H,4-6H2,1-3H3. The molecule has 0 aromatic rings.